The van der Waals surface area contributed by atoms with Crippen molar-refractivity contribution in [2.75, 3.05) is 0 Å². The summed E-state index contributed by atoms with van der Waals surface area (Å²) < 4.78 is 1.73. The summed E-state index contributed by atoms with van der Waals surface area (Å²) in [5, 5.41) is 13.5. The molecule has 0 spiro atoms. The van der Waals surface area contributed by atoms with E-state index in [1.165, 1.54) is 4.57 Å². The highest BCUT2D eigenvalue weighted by Crippen LogP contribution is 2.27. The number of hydrogen-bond acceptors (Lipinski definition) is 4. The fraction of sp³-hybridized carbons (Fsp3) is 0.421. The maximum absolute atomic E-state index is 12.5. The lowest BCUT2D eigenvalue weighted by molar-refractivity contribution is 0.0140. The third kappa shape index (κ3) is 3.78. The van der Waals surface area contributed by atoms with Gasteiger partial charge in [-0.15, -0.1) is 6.58 Å². The van der Waals surface area contributed by atoms with Crippen LogP contribution in [0.15, 0.2) is 35.6 Å². The molecule has 26 heavy (non-hydrogen) atoms. The molecule has 3 N–H and O–H groups in total. The van der Waals surface area contributed by atoms with E-state index in [2.05, 4.69) is 16.9 Å². The Labute approximate surface area is 156 Å². The van der Waals surface area contributed by atoms with Gasteiger partial charge in [0.15, 0.2) is 4.77 Å². The van der Waals surface area contributed by atoms with E-state index in [-0.39, 0.29) is 17.5 Å². The number of rotatable bonds is 4. The Bertz CT molecular complexity index is 964. The molecule has 7 heteroatoms. The number of fused-ring (bicyclic) bond motifs is 1. The summed E-state index contributed by atoms with van der Waals surface area (Å²) in [6, 6.07) is 4.99. The van der Waals surface area contributed by atoms with E-state index < -0.39 is 5.60 Å². The van der Waals surface area contributed by atoms with Gasteiger partial charge in [0.05, 0.1) is 16.5 Å². The zero-order chi connectivity index (χ0) is 18.9. The molecular weight excluding hydrogens is 350 g/mol. The van der Waals surface area contributed by atoms with Crippen LogP contribution in [0.1, 0.15) is 43.0 Å². The Morgan fingerprint density at radius 1 is 1.50 bits per heavy atom. The maximum atomic E-state index is 12.5. The minimum absolute atomic E-state index is 0.0532. The van der Waals surface area contributed by atoms with E-state index in [4.69, 9.17) is 12.2 Å². The molecule has 1 aromatic heterocycles. The van der Waals surface area contributed by atoms with Crippen molar-refractivity contribution in [3.8, 4) is 0 Å². The number of benzene rings is 1. The van der Waals surface area contributed by atoms with E-state index >= 15 is 0 Å². The van der Waals surface area contributed by atoms with E-state index in [0.29, 0.717) is 40.6 Å². The first kappa shape index (κ1) is 18.5. The molecule has 0 unspecified atom stereocenters. The highest BCUT2D eigenvalue weighted by atomic mass is 32.1. The maximum Gasteiger partial charge on any atom is 0.262 e. The number of aromatic nitrogens is 2. The second-order valence-corrected chi connectivity index (χ2v) is 7.53. The number of carbonyl (C=O) groups is 1. The summed E-state index contributed by atoms with van der Waals surface area (Å²) in [4.78, 5) is 28.1. The predicted octanol–water partition coefficient (Wildman–Crippen LogP) is 2.67. The lowest BCUT2D eigenvalue weighted by atomic mass is 9.83. The standard InChI is InChI=1S/C19H23N3O3S/c1-3-10-22-17(24)14-5-4-12(11-15(14)21-18(22)26)16(23)20-13-6-8-19(2,25)9-7-13/h3-5,11,13,25H,1,6-10H2,2H3,(H,20,23)(H,21,26). The molecular formula is C19H23N3O3S. The molecule has 138 valence electrons. The highest BCUT2D eigenvalue weighted by molar-refractivity contribution is 7.71. The van der Waals surface area contributed by atoms with Gasteiger partial charge >= 0.3 is 0 Å². The van der Waals surface area contributed by atoms with Gasteiger partial charge in [0, 0.05) is 18.2 Å². The van der Waals surface area contributed by atoms with Crippen LogP contribution in [0.2, 0.25) is 0 Å². The van der Waals surface area contributed by atoms with Crippen molar-refractivity contribution in [1.29, 1.82) is 0 Å². The van der Waals surface area contributed by atoms with Crippen LogP contribution in [0.3, 0.4) is 0 Å². The molecule has 0 bridgehead atoms. The molecule has 1 amide bonds. The Kier molecular flexibility index (Phi) is 5.11. The molecule has 3 rings (SSSR count). The molecule has 2 aromatic rings. The zero-order valence-corrected chi connectivity index (χ0v) is 15.6. The van der Waals surface area contributed by atoms with Crippen molar-refractivity contribution in [3.05, 3.63) is 51.5 Å². The van der Waals surface area contributed by atoms with Crippen molar-refractivity contribution < 1.29 is 9.90 Å². The van der Waals surface area contributed by atoms with Gasteiger partial charge in [-0.2, -0.15) is 0 Å². The summed E-state index contributed by atoms with van der Waals surface area (Å²) >= 11 is 5.23. The van der Waals surface area contributed by atoms with Gasteiger partial charge in [0.2, 0.25) is 0 Å². The molecule has 1 aromatic carbocycles. The minimum Gasteiger partial charge on any atom is -0.390 e. The molecule has 1 fully saturated rings. The van der Waals surface area contributed by atoms with Crippen LogP contribution in [0.5, 0.6) is 0 Å². The zero-order valence-electron chi connectivity index (χ0n) is 14.7. The third-order valence-electron chi connectivity index (χ3n) is 4.95. The lowest BCUT2D eigenvalue weighted by Gasteiger charge is -2.33. The SMILES string of the molecule is C=CCn1c(=S)[nH]c2cc(C(=O)NC3CCC(C)(O)CC3)ccc2c1=O. The quantitative estimate of drug-likeness (QED) is 0.568. The first-order valence-electron chi connectivity index (χ1n) is 8.72. The summed E-state index contributed by atoms with van der Waals surface area (Å²) in [5.41, 5.74) is 0.177. The fourth-order valence-corrected chi connectivity index (χ4v) is 3.61. The molecule has 1 aliphatic carbocycles. The summed E-state index contributed by atoms with van der Waals surface area (Å²) in [7, 11) is 0. The highest BCUT2D eigenvalue weighted by Gasteiger charge is 2.29. The Morgan fingerprint density at radius 2 is 2.19 bits per heavy atom. The van der Waals surface area contributed by atoms with Crippen LogP contribution in [0.25, 0.3) is 10.9 Å². The van der Waals surface area contributed by atoms with Crippen LogP contribution in [-0.2, 0) is 6.54 Å². The average Bonchev–Trinajstić information content (AvgIpc) is 2.60. The van der Waals surface area contributed by atoms with Crippen molar-refractivity contribution in [2.45, 2.75) is 50.8 Å². The van der Waals surface area contributed by atoms with Crippen LogP contribution in [0, 0.1) is 4.77 Å². The number of H-pyrrole nitrogens is 1. The van der Waals surface area contributed by atoms with Crippen molar-refractivity contribution in [1.82, 2.24) is 14.9 Å². The van der Waals surface area contributed by atoms with Gasteiger partial charge < -0.3 is 15.4 Å². The number of aromatic amines is 1. The van der Waals surface area contributed by atoms with Crippen LogP contribution in [-0.4, -0.2) is 32.2 Å². The third-order valence-corrected chi connectivity index (χ3v) is 5.28. The Hall–Kier alpha value is -2.25. The molecule has 0 radical (unpaired) electrons. The number of carbonyl (C=O) groups excluding carboxylic acids is 1. The van der Waals surface area contributed by atoms with Crippen molar-refractivity contribution >= 4 is 29.0 Å². The first-order chi connectivity index (χ1) is 12.3. The van der Waals surface area contributed by atoms with Crippen molar-refractivity contribution in [2.24, 2.45) is 0 Å². The van der Waals surface area contributed by atoms with Crippen molar-refractivity contribution in [3.63, 3.8) is 0 Å². The molecule has 6 nitrogen and oxygen atoms in total. The second kappa shape index (κ2) is 7.17. The minimum atomic E-state index is -0.635. The number of amides is 1. The smallest absolute Gasteiger partial charge is 0.262 e. The van der Waals surface area contributed by atoms with E-state index in [0.717, 1.165) is 12.8 Å². The van der Waals surface area contributed by atoms with E-state index in [1.54, 1.807) is 24.3 Å². The molecule has 0 atom stereocenters. The van der Waals surface area contributed by atoms with Gasteiger partial charge in [-0.05, 0) is 63.0 Å². The fourth-order valence-electron chi connectivity index (χ4n) is 3.34. The average molecular weight is 373 g/mol. The topological polar surface area (TPSA) is 87.1 Å². The van der Waals surface area contributed by atoms with Crippen LogP contribution >= 0.6 is 12.2 Å². The van der Waals surface area contributed by atoms with Gasteiger partial charge in [-0.3, -0.25) is 14.2 Å². The van der Waals surface area contributed by atoms with Gasteiger partial charge in [0.1, 0.15) is 0 Å². The van der Waals surface area contributed by atoms with E-state index in [9.17, 15) is 14.7 Å². The molecule has 1 saturated carbocycles. The normalized spacial score (nSPS) is 22.9. The Morgan fingerprint density at radius 3 is 2.85 bits per heavy atom. The van der Waals surface area contributed by atoms with Gasteiger partial charge in [0.25, 0.3) is 11.5 Å². The van der Waals surface area contributed by atoms with Gasteiger partial charge in [-0.25, -0.2) is 0 Å². The van der Waals surface area contributed by atoms with Crippen LogP contribution in [0.4, 0.5) is 0 Å². The second-order valence-electron chi connectivity index (χ2n) is 7.14. The number of nitrogens with zero attached hydrogens (tertiary/aromatic N) is 1. The number of allylic oxidation sites excluding steroid dienone is 1. The van der Waals surface area contributed by atoms with Crippen LogP contribution < -0.4 is 10.9 Å². The van der Waals surface area contributed by atoms with E-state index in [1.807, 2.05) is 6.92 Å². The number of hydrogen-bond donors (Lipinski definition) is 3. The summed E-state index contributed by atoms with van der Waals surface area (Å²) in [6.07, 6.45) is 4.46. The molecule has 1 aliphatic rings. The summed E-state index contributed by atoms with van der Waals surface area (Å²) in [5.74, 6) is -0.187. The Balaban J connectivity index is 1.84. The number of aliphatic hydroxyl groups is 1. The summed E-state index contributed by atoms with van der Waals surface area (Å²) in [6.45, 7) is 5.79. The molecule has 1 heterocycles. The predicted molar refractivity (Wildman–Crippen MR) is 104 cm³/mol. The largest absolute Gasteiger partial charge is 0.390 e. The monoisotopic (exact) mass is 373 g/mol. The molecule has 0 aliphatic heterocycles. The first-order valence-corrected chi connectivity index (χ1v) is 9.12. The molecule has 0 saturated heterocycles. The number of nitrogens with one attached hydrogen (secondary N) is 2. The lowest BCUT2D eigenvalue weighted by Crippen LogP contribution is -2.42. The van der Waals surface area contributed by atoms with Gasteiger partial charge in [-0.1, -0.05) is 6.08 Å².